The van der Waals surface area contributed by atoms with Crippen LogP contribution in [0.15, 0.2) is 36.4 Å². The first-order valence-corrected chi connectivity index (χ1v) is 6.39. The fraction of sp³-hybridized carbons (Fsp3) is 0. The van der Waals surface area contributed by atoms with E-state index in [2.05, 4.69) is 4.98 Å². The second-order valence-corrected chi connectivity index (χ2v) is 5.15. The third-order valence-electron chi connectivity index (χ3n) is 2.57. The number of hydrogen-bond acceptors (Lipinski definition) is 3. The van der Waals surface area contributed by atoms with Crippen molar-refractivity contribution in [3.63, 3.8) is 0 Å². The van der Waals surface area contributed by atoms with Gasteiger partial charge in [0.15, 0.2) is 0 Å². The second kappa shape index (κ2) is 4.23. The van der Waals surface area contributed by atoms with E-state index in [-0.39, 0.29) is 11.3 Å². The molecule has 2 nitrogen and oxygen atoms in total. The van der Waals surface area contributed by atoms with Gasteiger partial charge in [0.05, 0.1) is 20.8 Å². The highest BCUT2D eigenvalue weighted by Crippen LogP contribution is 2.38. The Morgan fingerprint density at radius 2 is 1.94 bits per heavy atom. The Morgan fingerprint density at radius 3 is 2.67 bits per heavy atom. The Hall–Kier alpha value is -1.65. The number of phenols is 1. The van der Waals surface area contributed by atoms with Gasteiger partial charge in [-0.05, 0) is 24.3 Å². The van der Waals surface area contributed by atoms with Gasteiger partial charge in [-0.2, -0.15) is 0 Å². The van der Waals surface area contributed by atoms with Crippen molar-refractivity contribution in [3.8, 4) is 16.3 Å². The molecule has 0 aliphatic carbocycles. The lowest BCUT2D eigenvalue weighted by molar-refractivity contribution is 0.472. The molecule has 0 aliphatic rings. The molecule has 0 saturated carbocycles. The number of thiazole rings is 1. The van der Waals surface area contributed by atoms with E-state index in [1.54, 1.807) is 18.2 Å². The number of hydrogen-bond donors (Lipinski definition) is 1. The predicted octanol–water partition coefficient (Wildman–Crippen LogP) is 4.46. The average molecular weight is 280 g/mol. The van der Waals surface area contributed by atoms with Gasteiger partial charge in [0.25, 0.3) is 0 Å². The van der Waals surface area contributed by atoms with E-state index >= 15 is 0 Å². The number of nitrogens with zero attached hydrogens (tertiary/aromatic N) is 1. The van der Waals surface area contributed by atoms with Crippen molar-refractivity contribution in [1.29, 1.82) is 0 Å². The van der Waals surface area contributed by atoms with Gasteiger partial charge in [-0.1, -0.05) is 23.7 Å². The molecule has 0 aliphatic heterocycles. The lowest BCUT2D eigenvalue weighted by Gasteiger charge is -2.01. The minimum Gasteiger partial charge on any atom is -0.507 e. The molecule has 1 aromatic heterocycles. The topological polar surface area (TPSA) is 33.1 Å². The normalized spacial score (nSPS) is 11.0. The minimum absolute atomic E-state index is 0.120. The summed E-state index contributed by atoms with van der Waals surface area (Å²) in [5.74, 6) is -0.615. The Labute approximate surface area is 111 Å². The number of aromatic nitrogens is 1. The summed E-state index contributed by atoms with van der Waals surface area (Å²) in [4.78, 5) is 4.30. The molecule has 3 aromatic rings. The van der Waals surface area contributed by atoms with Gasteiger partial charge in [0.1, 0.15) is 16.6 Å². The molecule has 3 rings (SSSR count). The molecule has 90 valence electrons. The van der Waals surface area contributed by atoms with Crippen molar-refractivity contribution >= 4 is 33.2 Å². The zero-order chi connectivity index (χ0) is 12.7. The van der Waals surface area contributed by atoms with Crippen LogP contribution >= 0.6 is 22.9 Å². The average Bonchev–Trinajstić information content (AvgIpc) is 2.74. The van der Waals surface area contributed by atoms with Gasteiger partial charge in [0.2, 0.25) is 0 Å². The summed E-state index contributed by atoms with van der Waals surface area (Å²) in [6.07, 6.45) is 0. The van der Waals surface area contributed by atoms with E-state index in [4.69, 9.17) is 11.6 Å². The first kappa shape index (κ1) is 11.4. The number of aromatic hydroxyl groups is 1. The zero-order valence-electron chi connectivity index (χ0n) is 9.02. The van der Waals surface area contributed by atoms with Gasteiger partial charge >= 0.3 is 0 Å². The van der Waals surface area contributed by atoms with Crippen molar-refractivity contribution < 1.29 is 9.50 Å². The highest BCUT2D eigenvalue weighted by molar-refractivity contribution is 7.22. The Kier molecular flexibility index (Phi) is 2.69. The molecular formula is C13H7ClFNOS. The monoisotopic (exact) mass is 279 g/mol. The van der Waals surface area contributed by atoms with Crippen LogP contribution in [0.2, 0.25) is 5.02 Å². The van der Waals surface area contributed by atoms with Crippen LogP contribution in [0.1, 0.15) is 0 Å². The van der Waals surface area contributed by atoms with Crippen molar-refractivity contribution in [3.05, 3.63) is 47.2 Å². The van der Waals surface area contributed by atoms with E-state index in [1.165, 1.54) is 29.5 Å². The van der Waals surface area contributed by atoms with E-state index < -0.39 is 5.82 Å². The molecule has 0 fully saturated rings. The Bertz CT molecular complexity index is 721. The maximum absolute atomic E-state index is 13.7. The first-order valence-electron chi connectivity index (χ1n) is 5.20. The third kappa shape index (κ3) is 1.74. The summed E-state index contributed by atoms with van der Waals surface area (Å²) >= 11 is 7.31. The first-order chi connectivity index (χ1) is 8.66. The predicted molar refractivity (Wildman–Crippen MR) is 71.7 cm³/mol. The summed E-state index contributed by atoms with van der Waals surface area (Å²) < 4.78 is 14.5. The smallest absolute Gasteiger partial charge is 0.137 e. The SMILES string of the molecule is Oc1cccc(F)c1-c1nc2cccc(Cl)c2s1. The van der Waals surface area contributed by atoms with E-state index in [9.17, 15) is 9.50 Å². The van der Waals surface area contributed by atoms with Crippen molar-refractivity contribution in [2.75, 3.05) is 0 Å². The highest BCUT2D eigenvalue weighted by Gasteiger charge is 2.15. The lowest BCUT2D eigenvalue weighted by Crippen LogP contribution is -1.83. The molecule has 1 N–H and O–H groups in total. The summed E-state index contributed by atoms with van der Waals surface area (Å²) in [5.41, 5.74) is 0.819. The summed E-state index contributed by atoms with van der Waals surface area (Å²) in [6, 6.07) is 9.53. The highest BCUT2D eigenvalue weighted by atomic mass is 35.5. The van der Waals surface area contributed by atoms with Crippen LogP contribution < -0.4 is 0 Å². The van der Waals surface area contributed by atoms with Crippen LogP contribution in [0.5, 0.6) is 5.75 Å². The summed E-state index contributed by atoms with van der Waals surface area (Å²) in [6.45, 7) is 0. The lowest BCUT2D eigenvalue weighted by atomic mass is 10.2. The van der Waals surface area contributed by atoms with Crippen LogP contribution in [0.3, 0.4) is 0 Å². The van der Waals surface area contributed by atoms with Crippen LogP contribution in [0.25, 0.3) is 20.8 Å². The number of benzene rings is 2. The summed E-state index contributed by atoms with van der Waals surface area (Å²) in [5, 5.41) is 10.7. The molecule has 5 heteroatoms. The molecule has 2 aromatic carbocycles. The maximum Gasteiger partial charge on any atom is 0.137 e. The van der Waals surface area contributed by atoms with Crippen LogP contribution in [0, 0.1) is 5.82 Å². The number of rotatable bonds is 1. The number of phenolic OH excluding ortho intramolecular Hbond substituents is 1. The molecule has 0 amide bonds. The molecule has 0 unspecified atom stereocenters. The molecule has 0 bridgehead atoms. The molecule has 0 spiro atoms. The third-order valence-corrected chi connectivity index (χ3v) is 4.12. The molecule has 0 radical (unpaired) electrons. The van der Waals surface area contributed by atoms with E-state index in [0.717, 1.165) is 4.70 Å². The molecule has 0 atom stereocenters. The van der Waals surface area contributed by atoms with Gasteiger partial charge in [0, 0.05) is 0 Å². The van der Waals surface area contributed by atoms with Crippen molar-refractivity contribution in [2.45, 2.75) is 0 Å². The minimum atomic E-state index is -0.495. The Morgan fingerprint density at radius 1 is 1.17 bits per heavy atom. The molecule has 18 heavy (non-hydrogen) atoms. The largest absolute Gasteiger partial charge is 0.507 e. The fourth-order valence-corrected chi connectivity index (χ4v) is 3.06. The van der Waals surface area contributed by atoms with Crippen LogP contribution in [0.4, 0.5) is 4.39 Å². The van der Waals surface area contributed by atoms with Crippen LogP contribution in [-0.2, 0) is 0 Å². The standard InChI is InChI=1S/C13H7ClFNOS/c14-7-3-1-5-9-12(7)18-13(16-9)11-8(15)4-2-6-10(11)17/h1-6,17H. The number of fused-ring (bicyclic) bond motifs is 1. The molecule has 1 heterocycles. The maximum atomic E-state index is 13.7. The van der Waals surface area contributed by atoms with Gasteiger partial charge < -0.3 is 5.11 Å². The van der Waals surface area contributed by atoms with Crippen LogP contribution in [-0.4, -0.2) is 10.1 Å². The van der Waals surface area contributed by atoms with Gasteiger partial charge in [-0.15, -0.1) is 11.3 Å². The molecular weight excluding hydrogens is 273 g/mol. The van der Waals surface area contributed by atoms with Crippen molar-refractivity contribution in [2.24, 2.45) is 0 Å². The molecule has 0 saturated heterocycles. The van der Waals surface area contributed by atoms with Gasteiger partial charge in [-0.3, -0.25) is 0 Å². The van der Waals surface area contributed by atoms with Crippen molar-refractivity contribution in [1.82, 2.24) is 4.98 Å². The second-order valence-electron chi connectivity index (χ2n) is 3.74. The number of halogens is 2. The van der Waals surface area contributed by atoms with E-state index in [0.29, 0.717) is 15.5 Å². The van der Waals surface area contributed by atoms with Gasteiger partial charge in [-0.25, -0.2) is 9.37 Å². The Balaban J connectivity index is 2.30. The quantitative estimate of drug-likeness (QED) is 0.713. The van der Waals surface area contributed by atoms with E-state index in [1.807, 2.05) is 0 Å². The fourth-order valence-electron chi connectivity index (χ4n) is 1.75. The summed E-state index contributed by atoms with van der Waals surface area (Å²) in [7, 11) is 0. The zero-order valence-corrected chi connectivity index (χ0v) is 10.6.